The fourth-order valence-corrected chi connectivity index (χ4v) is 12.0. The number of nitrogens with one attached hydrogen (secondary N) is 3. The summed E-state index contributed by atoms with van der Waals surface area (Å²) in [5.74, 6) is -0.0266. The molecule has 0 saturated heterocycles. The summed E-state index contributed by atoms with van der Waals surface area (Å²) in [6.45, 7) is 4.54. The molecule has 0 bridgehead atoms. The van der Waals surface area contributed by atoms with Crippen LogP contribution in [0.4, 0.5) is 28.6 Å². The molecule has 0 saturated carbocycles. The van der Waals surface area contributed by atoms with Crippen LogP contribution in [0.2, 0.25) is 0 Å². The zero-order valence-electron chi connectivity index (χ0n) is 35.7. The summed E-state index contributed by atoms with van der Waals surface area (Å²) in [4.78, 5) is 28.0. The summed E-state index contributed by atoms with van der Waals surface area (Å²) in [5.41, 5.74) is 22.3. The van der Waals surface area contributed by atoms with Crippen LogP contribution in [0, 0.1) is 0 Å². The predicted molar refractivity (Wildman–Crippen MR) is 267 cm³/mol. The molecule has 3 aliphatic carbocycles. The molecule has 0 amide bonds. The number of Topliss-reactive ketones (excluding diaryl/α,β-unsaturated/α-hetero) is 1. The maximum atomic E-state index is 13.7. The molecule has 67 heavy (non-hydrogen) atoms. The number of para-hydroxylation sites is 1. The summed E-state index contributed by atoms with van der Waals surface area (Å²) in [7, 11) is 0. The Bertz CT molecular complexity index is 3610. The van der Waals surface area contributed by atoms with E-state index in [0.717, 1.165) is 87.4 Å². The Morgan fingerprint density at radius 1 is 0.567 bits per heavy atom. The molecule has 0 radical (unpaired) electrons. The Labute approximate surface area is 393 Å². The molecule has 9 aromatic rings. The molecule has 0 fully saturated rings. The lowest BCUT2D eigenvalue weighted by Crippen LogP contribution is -2.14. The number of benzene rings is 6. The fourth-order valence-electron chi connectivity index (χ4n) is 9.53. The van der Waals surface area contributed by atoms with Crippen LogP contribution in [0.1, 0.15) is 76.8 Å². The van der Waals surface area contributed by atoms with Gasteiger partial charge in [0.1, 0.15) is 0 Å². The van der Waals surface area contributed by atoms with Gasteiger partial charge in [-0.15, -0.1) is 0 Å². The molecule has 10 nitrogen and oxygen atoms in total. The van der Waals surface area contributed by atoms with Crippen LogP contribution >= 0.6 is 34.0 Å². The van der Waals surface area contributed by atoms with Crippen molar-refractivity contribution in [1.82, 2.24) is 15.0 Å². The Hall–Kier alpha value is -7.14. The van der Waals surface area contributed by atoms with E-state index in [0.29, 0.717) is 51.2 Å². The van der Waals surface area contributed by atoms with Crippen LogP contribution in [0.25, 0.3) is 52.9 Å². The van der Waals surface area contributed by atoms with E-state index < -0.39 is 11.7 Å². The number of hydrogen-bond donors (Lipinski definition) is 3. The highest BCUT2D eigenvalue weighted by atomic mass is 32.1. The Morgan fingerprint density at radius 2 is 1.19 bits per heavy atom. The molecule has 3 aliphatic rings. The minimum atomic E-state index is -4.43. The number of nitrogens with zero attached hydrogens (tertiary/aromatic N) is 6. The number of hydrazone groups is 3. The summed E-state index contributed by atoms with van der Waals surface area (Å²) >= 11 is 4.50. The first kappa shape index (κ1) is 41.3. The largest absolute Gasteiger partial charge is 0.416 e. The van der Waals surface area contributed by atoms with E-state index in [2.05, 4.69) is 71.6 Å². The van der Waals surface area contributed by atoms with Crippen LogP contribution in [0.3, 0.4) is 0 Å². The van der Waals surface area contributed by atoms with Crippen molar-refractivity contribution >= 4 is 103 Å². The van der Waals surface area contributed by atoms with Crippen molar-refractivity contribution in [1.29, 1.82) is 0 Å². The molecule has 330 valence electrons. The van der Waals surface area contributed by atoms with Crippen LogP contribution in [-0.4, -0.2) is 37.9 Å². The maximum Gasteiger partial charge on any atom is 0.416 e. The number of halogens is 3. The first-order valence-corrected chi connectivity index (χ1v) is 24.0. The SMILES string of the molecule is CC1(C)C/C(=N/Nc2nc3ccccc3s2)c2cccc(-c3ccc4nc(N/N=C5/CC(=O)c6c5cccc6-c5ccc6sc(N/N=C7/CCc8ccc(C(F)(F)F)cc87)nc6c5)sc4c3)c21. The highest BCUT2D eigenvalue weighted by molar-refractivity contribution is 7.22. The summed E-state index contributed by atoms with van der Waals surface area (Å²) in [6.07, 6.45) is -2.33. The van der Waals surface area contributed by atoms with Crippen LogP contribution in [0.5, 0.6) is 0 Å². The van der Waals surface area contributed by atoms with Crippen molar-refractivity contribution in [2.75, 3.05) is 16.3 Å². The second-order valence-electron chi connectivity index (χ2n) is 17.4. The monoisotopic (exact) mass is 943 g/mol. The second-order valence-corrected chi connectivity index (χ2v) is 20.5. The highest BCUT2D eigenvalue weighted by Gasteiger charge is 2.37. The number of hydrogen-bond acceptors (Lipinski definition) is 13. The molecular formula is C51H36F3N9OS3. The van der Waals surface area contributed by atoms with Gasteiger partial charge in [-0.25, -0.2) is 15.0 Å². The Kier molecular flexibility index (Phi) is 9.71. The number of thiazole rings is 3. The van der Waals surface area contributed by atoms with Crippen molar-refractivity contribution in [2.24, 2.45) is 15.3 Å². The first-order chi connectivity index (χ1) is 32.4. The van der Waals surface area contributed by atoms with Gasteiger partial charge in [-0.05, 0) is 100 Å². The molecule has 16 heteroatoms. The van der Waals surface area contributed by atoms with E-state index in [9.17, 15) is 18.0 Å². The summed E-state index contributed by atoms with van der Waals surface area (Å²) in [6, 6.07) is 36.3. The lowest BCUT2D eigenvalue weighted by molar-refractivity contribution is -0.137. The zero-order chi connectivity index (χ0) is 45.6. The molecule has 3 N–H and O–H groups in total. The smallest absolute Gasteiger partial charge is 0.294 e. The van der Waals surface area contributed by atoms with Crippen LogP contribution in [0.15, 0.2) is 131 Å². The summed E-state index contributed by atoms with van der Waals surface area (Å²) in [5, 5.41) is 16.0. The van der Waals surface area contributed by atoms with Crippen molar-refractivity contribution in [3.63, 3.8) is 0 Å². The highest BCUT2D eigenvalue weighted by Crippen LogP contribution is 2.46. The van der Waals surface area contributed by atoms with E-state index in [-0.39, 0.29) is 17.6 Å². The Morgan fingerprint density at radius 3 is 1.97 bits per heavy atom. The van der Waals surface area contributed by atoms with E-state index in [4.69, 9.17) is 25.2 Å². The number of aromatic nitrogens is 3. The Balaban J connectivity index is 0.773. The van der Waals surface area contributed by atoms with Crippen molar-refractivity contribution in [3.8, 4) is 22.3 Å². The summed E-state index contributed by atoms with van der Waals surface area (Å²) < 4.78 is 43.3. The number of carbonyl (C=O) groups excluding carboxylic acids is 1. The van der Waals surface area contributed by atoms with E-state index in [1.807, 2.05) is 60.7 Å². The number of carbonyl (C=O) groups is 1. The predicted octanol–water partition coefficient (Wildman–Crippen LogP) is 13.5. The fraction of sp³-hybridized carbons (Fsp3) is 0.157. The lowest BCUT2D eigenvalue weighted by atomic mass is 9.82. The molecule has 0 aliphatic heterocycles. The minimum Gasteiger partial charge on any atom is -0.294 e. The van der Waals surface area contributed by atoms with Gasteiger partial charge in [-0.1, -0.05) is 115 Å². The van der Waals surface area contributed by atoms with E-state index in [1.54, 1.807) is 11.3 Å². The molecule has 6 aromatic carbocycles. The number of fused-ring (bicyclic) bond motifs is 6. The van der Waals surface area contributed by atoms with Gasteiger partial charge in [-0.2, -0.15) is 28.5 Å². The van der Waals surface area contributed by atoms with Crippen molar-refractivity contribution < 1.29 is 18.0 Å². The number of alkyl halides is 3. The van der Waals surface area contributed by atoms with Gasteiger partial charge in [-0.3, -0.25) is 21.1 Å². The molecule has 0 spiro atoms. The van der Waals surface area contributed by atoms with E-state index >= 15 is 0 Å². The maximum absolute atomic E-state index is 13.7. The molecule has 0 atom stereocenters. The van der Waals surface area contributed by atoms with Gasteiger partial charge in [0.05, 0.1) is 59.8 Å². The lowest BCUT2D eigenvalue weighted by Gasteiger charge is -2.22. The van der Waals surface area contributed by atoms with Crippen LogP contribution in [-0.2, 0) is 18.0 Å². The third-order valence-corrected chi connectivity index (χ3v) is 15.4. The average molecular weight is 944 g/mol. The number of ketones is 1. The number of aryl methyl sites for hydroxylation is 1. The topological polar surface area (TPSA) is 129 Å². The zero-order valence-corrected chi connectivity index (χ0v) is 38.2. The third-order valence-electron chi connectivity index (χ3n) is 12.6. The van der Waals surface area contributed by atoms with Gasteiger partial charge < -0.3 is 0 Å². The molecule has 12 rings (SSSR count). The molecule has 3 heterocycles. The molecule has 3 aromatic heterocycles. The van der Waals surface area contributed by atoms with Crippen molar-refractivity contribution in [3.05, 3.63) is 154 Å². The minimum absolute atomic E-state index is 0.0266. The number of rotatable bonds is 8. The van der Waals surface area contributed by atoms with E-state index in [1.165, 1.54) is 40.4 Å². The molecule has 0 unspecified atom stereocenters. The number of anilines is 3. The third kappa shape index (κ3) is 7.45. The molecular weight excluding hydrogens is 908 g/mol. The van der Waals surface area contributed by atoms with Gasteiger partial charge in [0.25, 0.3) is 0 Å². The standard InChI is InChI=1S/C51H36F3N9OS3/c1-50(2)25-40(60-63-47-55-36-11-3-4-12-42(36)65-47)33-10-6-8-31(46(33)50)28-15-19-37-44(22-28)67-48(56-37)62-59-38-24-41(64)45-30(7-5-9-32(38)45)27-16-20-43-39(21-27)57-49(66-43)61-58-35-18-14-26-13-17-29(23-34(26)35)51(52,53)54/h3-13,15-17,19-23H,14,18,24-25H2,1-2H3,(H,55,63)(H,56,62)(H,57,61)/b58-35-,59-38-,60-40-. The van der Waals surface area contributed by atoms with Gasteiger partial charge >= 0.3 is 6.18 Å². The van der Waals surface area contributed by atoms with Gasteiger partial charge in [0.15, 0.2) is 5.78 Å². The van der Waals surface area contributed by atoms with Crippen molar-refractivity contribution in [2.45, 2.75) is 51.1 Å². The normalized spacial score (nSPS) is 17.0. The van der Waals surface area contributed by atoms with Gasteiger partial charge in [0.2, 0.25) is 15.4 Å². The second kappa shape index (κ2) is 15.7. The quantitative estimate of drug-likeness (QED) is 0.129. The van der Waals surface area contributed by atoms with Crippen LogP contribution < -0.4 is 16.3 Å². The van der Waals surface area contributed by atoms with Gasteiger partial charge in [0, 0.05) is 28.7 Å². The average Bonchev–Trinajstić information content (AvgIpc) is 4.18. The first-order valence-electron chi connectivity index (χ1n) is 21.6.